The van der Waals surface area contributed by atoms with Crippen molar-refractivity contribution in [2.24, 2.45) is 0 Å². The van der Waals surface area contributed by atoms with Gasteiger partial charge in [-0.3, -0.25) is 9.36 Å². The lowest BCUT2D eigenvalue weighted by molar-refractivity contribution is 0.0926. The van der Waals surface area contributed by atoms with Crippen LogP contribution >= 0.6 is 0 Å². The van der Waals surface area contributed by atoms with Crippen molar-refractivity contribution < 1.29 is 9.21 Å². The van der Waals surface area contributed by atoms with Gasteiger partial charge in [-0.1, -0.05) is 18.2 Å². The lowest BCUT2D eigenvalue weighted by Crippen LogP contribution is -2.26. The number of carbonyl (C=O) groups is 1. The summed E-state index contributed by atoms with van der Waals surface area (Å²) >= 11 is 0. The summed E-state index contributed by atoms with van der Waals surface area (Å²) in [5, 5.41) is 2.85. The molecule has 0 unspecified atom stereocenters. The summed E-state index contributed by atoms with van der Waals surface area (Å²) in [7, 11) is 0. The van der Waals surface area contributed by atoms with E-state index >= 15 is 0 Å². The summed E-state index contributed by atoms with van der Waals surface area (Å²) in [6.07, 6.45) is 3.82. The molecule has 0 radical (unpaired) electrons. The van der Waals surface area contributed by atoms with Gasteiger partial charge in [0.25, 0.3) is 5.91 Å². The van der Waals surface area contributed by atoms with Gasteiger partial charge in [-0.2, -0.15) is 0 Å². The Morgan fingerprint density at radius 3 is 2.76 bits per heavy atom. The molecule has 0 bridgehead atoms. The number of imidazole rings is 1. The smallest absolute Gasteiger partial charge is 0.286 e. The van der Waals surface area contributed by atoms with Crippen molar-refractivity contribution >= 4 is 17.1 Å². The molecule has 0 aliphatic rings. The van der Waals surface area contributed by atoms with Crippen LogP contribution in [0.2, 0.25) is 0 Å². The van der Waals surface area contributed by atoms with Crippen molar-refractivity contribution in [1.29, 1.82) is 0 Å². The summed E-state index contributed by atoms with van der Waals surface area (Å²) in [5.74, 6) is 0.920. The maximum atomic E-state index is 12.0. The van der Waals surface area contributed by atoms with Crippen molar-refractivity contribution in [1.82, 2.24) is 19.9 Å². The molecule has 0 saturated carbocycles. The number of amides is 1. The molecule has 1 amide bonds. The van der Waals surface area contributed by atoms with Crippen LogP contribution in [0.5, 0.6) is 0 Å². The number of rotatable bonds is 5. The highest BCUT2D eigenvalue weighted by Crippen LogP contribution is 2.19. The average Bonchev–Trinajstić information content (AvgIpc) is 3.30. The number of para-hydroxylation sites is 1. The zero-order valence-electron chi connectivity index (χ0n) is 13.4. The van der Waals surface area contributed by atoms with Crippen molar-refractivity contribution in [3.8, 4) is 5.69 Å². The van der Waals surface area contributed by atoms with E-state index in [9.17, 15) is 4.79 Å². The normalized spacial score (nSPS) is 10.9. The second-order valence-electron chi connectivity index (χ2n) is 5.53. The predicted molar refractivity (Wildman–Crippen MR) is 93.6 cm³/mol. The Morgan fingerprint density at radius 1 is 1.08 bits per heavy atom. The molecule has 0 aliphatic carbocycles. The minimum atomic E-state index is -0.231. The first-order chi connectivity index (χ1) is 12.3. The number of nitrogens with zero attached hydrogens (tertiary/aromatic N) is 3. The fourth-order valence-electron chi connectivity index (χ4n) is 2.76. The molecular formula is C19H16N4O2. The van der Waals surface area contributed by atoms with Gasteiger partial charge in [0.05, 0.1) is 6.26 Å². The summed E-state index contributed by atoms with van der Waals surface area (Å²) in [5.41, 5.74) is 2.64. The molecule has 1 N–H and O–H groups in total. The minimum Gasteiger partial charge on any atom is -0.459 e. The van der Waals surface area contributed by atoms with Crippen LogP contribution in [0.15, 0.2) is 71.5 Å². The van der Waals surface area contributed by atoms with Crippen LogP contribution < -0.4 is 5.32 Å². The Bertz CT molecular complexity index is 991. The number of fused-ring (bicyclic) bond motifs is 1. The summed E-state index contributed by atoms with van der Waals surface area (Å²) in [6, 6.07) is 17.1. The van der Waals surface area contributed by atoms with Gasteiger partial charge in [-0.15, -0.1) is 0 Å². The molecule has 6 heteroatoms. The number of pyridine rings is 1. The Hall–Kier alpha value is -3.41. The second-order valence-corrected chi connectivity index (χ2v) is 5.53. The highest BCUT2D eigenvalue weighted by atomic mass is 16.3. The first kappa shape index (κ1) is 15.1. The first-order valence-electron chi connectivity index (χ1n) is 8.02. The van der Waals surface area contributed by atoms with Gasteiger partial charge >= 0.3 is 0 Å². The number of furan rings is 1. The SMILES string of the molecule is O=C(NCCc1nc2cccnc2n1-c1ccccc1)c1ccco1. The van der Waals surface area contributed by atoms with Crippen molar-refractivity contribution in [3.05, 3.63) is 78.6 Å². The molecule has 4 rings (SSSR count). The van der Waals surface area contributed by atoms with Crippen molar-refractivity contribution in [3.63, 3.8) is 0 Å². The third kappa shape index (κ3) is 3.01. The maximum absolute atomic E-state index is 12.0. The van der Waals surface area contributed by atoms with E-state index in [1.807, 2.05) is 47.0 Å². The molecule has 124 valence electrons. The molecule has 3 heterocycles. The molecule has 6 nitrogen and oxygen atoms in total. The van der Waals surface area contributed by atoms with Crippen LogP contribution in [0.3, 0.4) is 0 Å². The summed E-state index contributed by atoms with van der Waals surface area (Å²) in [4.78, 5) is 21.1. The Morgan fingerprint density at radius 2 is 1.96 bits per heavy atom. The van der Waals surface area contributed by atoms with E-state index in [-0.39, 0.29) is 5.91 Å². The van der Waals surface area contributed by atoms with Crippen LogP contribution in [0, 0.1) is 0 Å². The molecule has 0 aliphatic heterocycles. The van der Waals surface area contributed by atoms with Gasteiger partial charge in [0.1, 0.15) is 11.3 Å². The van der Waals surface area contributed by atoms with Crippen LogP contribution in [-0.2, 0) is 6.42 Å². The molecule has 0 spiro atoms. The van der Waals surface area contributed by atoms with E-state index < -0.39 is 0 Å². The summed E-state index contributed by atoms with van der Waals surface area (Å²) in [6.45, 7) is 0.454. The monoisotopic (exact) mass is 332 g/mol. The van der Waals surface area contributed by atoms with E-state index in [1.54, 1.807) is 18.3 Å². The fourth-order valence-corrected chi connectivity index (χ4v) is 2.76. The standard InChI is InChI=1S/C19H16N4O2/c24-19(16-9-5-13-25-16)21-12-10-17-22-15-8-4-11-20-18(15)23(17)14-6-2-1-3-7-14/h1-9,11,13H,10,12H2,(H,21,24). The van der Waals surface area contributed by atoms with E-state index in [2.05, 4.69) is 15.3 Å². The number of hydrogen-bond donors (Lipinski definition) is 1. The van der Waals surface area contributed by atoms with Crippen LogP contribution in [-0.4, -0.2) is 27.0 Å². The van der Waals surface area contributed by atoms with E-state index in [0.29, 0.717) is 18.7 Å². The Labute approximate surface area is 144 Å². The van der Waals surface area contributed by atoms with Gasteiger partial charge in [-0.05, 0) is 36.4 Å². The first-order valence-corrected chi connectivity index (χ1v) is 8.02. The van der Waals surface area contributed by atoms with Gasteiger partial charge < -0.3 is 9.73 Å². The zero-order valence-corrected chi connectivity index (χ0v) is 13.4. The van der Waals surface area contributed by atoms with E-state index in [4.69, 9.17) is 4.42 Å². The number of carbonyl (C=O) groups excluding carboxylic acids is 1. The van der Waals surface area contributed by atoms with Gasteiger partial charge in [0.15, 0.2) is 11.4 Å². The number of aromatic nitrogens is 3. The lowest BCUT2D eigenvalue weighted by Gasteiger charge is -2.09. The van der Waals surface area contributed by atoms with E-state index in [1.165, 1.54) is 6.26 Å². The molecule has 0 fully saturated rings. The zero-order chi connectivity index (χ0) is 17.1. The maximum Gasteiger partial charge on any atom is 0.286 e. The van der Waals surface area contributed by atoms with Crippen LogP contribution in [0.25, 0.3) is 16.9 Å². The minimum absolute atomic E-state index is 0.231. The highest BCUT2D eigenvalue weighted by Gasteiger charge is 2.14. The topological polar surface area (TPSA) is 73.0 Å². The predicted octanol–water partition coefficient (Wildman–Crippen LogP) is 2.99. The quantitative estimate of drug-likeness (QED) is 0.610. The molecule has 3 aromatic heterocycles. The third-order valence-electron chi connectivity index (χ3n) is 3.88. The molecule has 0 saturated heterocycles. The second kappa shape index (κ2) is 6.60. The molecule has 4 aromatic rings. The molecule has 0 atom stereocenters. The average molecular weight is 332 g/mol. The number of hydrogen-bond acceptors (Lipinski definition) is 4. The fraction of sp³-hybridized carbons (Fsp3) is 0.105. The third-order valence-corrected chi connectivity index (χ3v) is 3.88. The Balaban J connectivity index is 1.60. The number of nitrogens with one attached hydrogen (secondary N) is 1. The summed E-state index contributed by atoms with van der Waals surface area (Å²) < 4.78 is 7.12. The molecular weight excluding hydrogens is 316 g/mol. The van der Waals surface area contributed by atoms with Crippen LogP contribution in [0.4, 0.5) is 0 Å². The van der Waals surface area contributed by atoms with Crippen molar-refractivity contribution in [2.45, 2.75) is 6.42 Å². The van der Waals surface area contributed by atoms with Gasteiger partial charge in [-0.25, -0.2) is 9.97 Å². The Kier molecular flexibility index (Phi) is 4.00. The molecule has 1 aromatic carbocycles. The van der Waals surface area contributed by atoms with Gasteiger partial charge in [0.2, 0.25) is 0 Å². The number of benzene rings is 1. The van der Waals surface area contributed by atoms with Crippen LogP contribution in [0.1, 0.15) is 16.4 Å². The lowest BCUT2D eigenvalue weighted by atomic mass is 10.3. The largest absolute Gasteiger partial charge is 0.459 e. The highest BCUT2D eigenvalue weighted by molar-refractivity contribution is 5.91. The van der Waals surface area contributed by atoms with E-state index in [0.717, 1.165) is 22.7 Å². The van der Waals surface area contributed by atoms with Crippen molar-refractivity contribution in [2.75, 3.05) is 6.54 Å². The van der Waals surface area contributed by atoms with Gasteiger partial charge in [0, 0.05) is 24.8 Å². The molecule has 25 heavy (non-hydrogen) atoms.